The molecule has 0 radical (unpaired) electrons. The number of alkyl halides is 3. The molecule has 0 rings (SSSR count). The van der Waals surface area contributed by atoms with Crippen LogP contribution in [0.5, 0.6) is 0 Å². The molecule has 0 N–H and O–H groups in total. The molecule has 0 aromatic rings. The summed E-state index contributed by atoms with van der Waals surface area (Å²) in [5.41, 5.74) is -0.171. The van der Waals surface area contributed by atoms with Crippen LogP contribution in [-0.4, -0.2) is 6.18 Å². The van der Waals surface area contributed by atoms with Gasteiger partial charge in [-0.15, -0.1) is 0 Å². The van der Waals surface area contributed by atoms with Crippen LogP contribution in [0.15, 0.2) is 0 Å². The predicted molar refractivity (Wildman–Crippen MR) is 39.4 cm³/mol. The van der Waals surface area contributed by atoms with Crippen LogP contribution in [0.3, 0.4) is 0 Å². The van der Waals surface area contributed by atoms with Crippen LogP contribution >= 0.6 is 0 Å². The van der Waals surface area contributed by atoms with Gasteiger partial charge >= 0.3 is 6.18 Å². The van der Waals surface area contributed by atoms with Gasteiger partial charge in [0.2, 0.25) is 0 Å². The first kappa shape index (κ1) is 10.8. The van der Waals surface area contributed by atoms with Crippen LogP contribution < -0.4 is 0 Å². The molecule has 0 aliphatic rings. The molecule has 0 unspecified atom stereocenters. The molecule has 0 aliphatic heterocycles. The van der Waals surface area contributed by atoms with Crippen LogP contribution in [0.4, 0.5) is 13.2 Å². The zero-order valence-electron chi connectivity index (χ0n) is 7.26. The summed E-state index contributed by atoms with van der Waals surface area (Å²) in [5, 5.41) is 0. The van der Waals surface area contributed by atoms with Crippen molar-refractivity contribution in [2.75, 3.05) is 0 Å². The Morgan fingerprint density at radius 2 is 1.45 bits per heavy atom. The van der Waals surface area contributed by atoms with E-state index in [0.29, 0.717) is 0 Å². The van der Waals surface area contributed by atoms with Gasteiger partial charge in [-0.1, -0.05) is 27.2 Å². The van der Waals surface area contributed by atoms with Gasteiger partial charge in [0.1, 0.15) is 0 Å². The first-order chi connectivity index (χ1) is 4.77. The topological polar surface area (TPSA) is 0 Å². The molecule has 11 heavy (non-hydrogen) atoms. The Balaban J connectivity index is 3.70. The number of rotatable bonds is 3. The average Bonchev–Trinajstić information content (AvgIpc) is 1.83. The fourth-order valence-corrected chi connectivity index (χ4v) is 0.657. The summed E-state index contributed by atoms with van der Waals surface area (Å²) >= 11 is 0. The number of hydrogen-bond donors (Lipinski definition) is 0. The summed E-state index contributed by atoms with van der Waals surface area (Å²) in [7, 11) is 0. The largest absolute Gasteiger partial charge is 0.389 e. The van der Waals surface area contributed by atoms with E-state index in [0.717, 1.165) is 6.42 Å². The van der Waals surface area contributed by atoms with E-state index in [1.165, 1.54) is 0 Å². The van der Waals surface area contributed by atoms with E-state index in [1.807, 2.05) is 20.8 Å². The Hall–Kier alpha value is -0.210. The smallest absolute Gasteiger partial charge is 0.171 e. The molecule has 0 fully saturated rings. The van der Waals surface area contributed by atoms with E-state index in [4.69, 9.17) is 0 Å². The molecule has 0 aromatic carbocycles. The summed E-state index contributed by atoms with van der Waals surface area (Å²) in [4.78, 5) is 0. The predicted octanol–water partition coefficient (Wildman–Crippen LogP) is 3.77. The number of halogens is 3. The third-order valence-corrected chi connectivity index (χ3v) is 2.04. The highest BCUT2D eigenvalue weighted by atomic mass is 19.4. The number of hydrogen-bond acceptors (Lipinski definition) is 0. The fourth-order valence-electron chi connectivity index (χ4n) is 0.657. The van der Waals surface area contributed by atoms with Gasteiger partial charge in [-0.05, 0) is 11.8 Å². The Bertz CT molecular complexity index is 113. The van der Waals surface area contributed by atoms with Crippen molar-refractivity contribution < 1.29 is 13.2 Å². The van der Waals surface area contributed by atoms with Gasteiger partial charge in [0, 0.05) is 6.42 Å². The zero-order valence-corrected chi connectivity index (χ0v) is 7.26. The molecule has 0 nitrogen and oxygen atoms in total. The van der Waals surface area contributed by atoms with Crippen LogP contribution in [0, 0.1) is 5.41 Å². The standard InChI is InChI=1S/C8H15F3/c1-4-7(2,3)5-6-8(9,10)11/h4-6H2,1-3H3. The molecule has 3 heteroatoms. The first-order valence-corrected chi connectivity index (χ1v) is 3.83. The second kappa shape index (κ2) is 3.46. The van der Waals surface area contributed by atoms with Crippen molar-refractivity contribution >= 4 is 0 Å². The molecule has 0 bridgehead atoms. The Morgan fingerprint density at radius 1 is 1.00 bits per heavy atom. The molecular weight excluding hydrogens is 153 g/mol. The van der Waals surface area contributed by atoms with Crippen molar-refractivity contribution in [1.82, 2.24) is 0 Å². The minimum atomic E-state index is -3.99. The Kier molecular flexibility index (Phi) is 3.39. The van der Waals surface area contributed by atoms with Crippen molar-refractivity contribution in [1.29, 1.82) is 0 Å². The van der Waals surface area contributed by atoms with E-state index in [-0.39, 0.29) is 11.8 Å². The van der Waals surface area contributed by atoms with Crippen LogP contribution in [0.2, 0.25) is 0 Å². The maximum absolute atomic E-state index is 11.7. The molecule has 0 saturated heterocycles. The third-order valence-electron chi connectivity index (χ3n) is 2.04. The molecule has 0 saturated carbocycles. The summed E-state index contributed by atoms with van der Waals surface area (Å²) in [6.07, 6.45) is -3.63. The third kappa shape index (κ3) is 6.20. The molecule has 0 atom stereocenters. The Labute approximate surface area is 65.8 Å². The molecule has 0 aromatic heterocycles. The van der Waals surface area contributed by atoms with E-state index < -0.39 is 12.6 Å². The van der Waals surface area contributed by atoms with E-state index in [1.54, 1.807) is 0 Å². The lowest BCUT2D eigenvalue weighted by molar-refractivity contribution is -0.140. The maximum atomic E-state index is 11.7. The Morgan fingerprint density at radius 3 is 1.73 bits per heavy atom. The molecule has 0 aliphatic carbocycles. The fraction of sp³-hybridized carbons (Fsp3) is 1.00. The highest BCUT2D eigenvalue weighted by Gasteiger charge is 2.30. The first-order valence-electron chi connectivity index (χ1n) is 3.83. The maximum Gasteiger partial charge on any atom is 0.389 e. The van der Waals surface area contributed by atoms with Crippen molar-refractivity contribution in [2.45, 2.75) is 46.2 Å². The second-order valence-corrected chi connectivity index (χ2v) is 3.63. The highest BCUT2D eigenvalue weighted by molar-refractivity contribution is 4.68. The van der Waals surface area contributed by atoms with Gasteiger partial charge in [0.05, 0.1) is 0 Å². The van der Waals surface area contributed by atoms with Crippen LogP contribution in [-0.2, 0) is 0 Å². The van der Waals surface area contributed by atoms with E-state index in [2.05, 4.69) is 0 Å². The summed E-state index contributed by atoms with van der Waals surface area (Å²) in [6.45, 7) is 5.63. The van der Waals surface area contributed by atoms with Crippen molar-refractivity contribution in [3.8, 4) is 0 Å². The van der Waals surface area contributed by atoms with E-state index >= 15 is 0 Å². The van der Waals surface area contributed by atoms with Gasteiger partial charge < -0.3 is 0 Å². The normalized spacial score (nSPS) is 13.6. The monoisotopic (exact) mass is 168 g/mol. The second-order valence-electron chi connectivity index (χ2n) is 3.63. The SMILES string of the molecule is CCC(C)(C)CCC(F)(F)F. The summed E-state index contributed by atoms with van der Waals surface area (Å²) in [6, 6.07) is 0. The lowest BCUT2D eigenvalue weighted by Crippen LogP contribution is -2.16. The lowest BCUT2D eigenvalue weighted by Gasteiger charge is -2.22. The van der Waals surface area contributed by atoms with Gasteiger partial charge in [-0.2, -0.15) is 13.2 Å². The van der Waals surface area contributed by atoms with Gasteiger partial charge in [-0.25, -0.2) is 0 Å². The van der Waals surface area contributed by atoms with Crippen LogP contribution in [0.25, 0.3) is 0 Å². The molecule has 0 heterocycles. The minimum Gasteiger partial charge on any atom is -0.171 e. The van der Waals surface area contributed by atoms with Crippen LogP contribution in [0.1, 0.15) is 40.0 Å². The molecule has 68 valence electrons. The average molecular weight is 168 g/mol. The quantitative estimate of drug-likeness (QED) is 0.601. The molecule has 0 amide bonds. The van der Waals surface area contributed by atoms with Gasteiger partial charge in [0.15, 0.2) is 0 Å². The van der Waals surface area contributed by atoms with Gasteiger partial charge in [0.25, 0.3) is 0 Å². The molecular formula is C8H15F3. The minimum absolute atomic E-state index is 0.171. The molecule has 0 spiro atoms. The van der Waals surface area contributed by atoms with Crippen molar-refractivity contribution in [3.05, 3.63) is 0 Å². The van der Waals surface area contributed by atoms with Crippen molar-refractivity contribution in [3.63, 3.8) is 0 Å². The zero-order chi connectivity index (χ0) is 9.12. The van der Waals surface area contributed by atoms with E-state index in [9.17, 15) is 13.2 Å². The van der Waals surface area contributed by atoms with Crippen molar-refractivity contribution in [2.24, 2.45) is 5.41 Å². The lowest BCUT2D eigenvalue weighted by atomic mass is 9.85. The highest BCUT2D eigenvalue weighted by Crippen LogP contribution is 2.32. The summed E-state index contributed by atoms with van der Waals surface area (Å²) in [5.74, 6) is 0. The summed E-state index contributed by atoms with van der Waals surface area (Å²) < 4.78 is 35.2. The van der Waals surface area contributed by atoms with Gasteiger partial charge in [-0.3, -0.25) is 0 Å².